The lowest BCUT2D eigenvalue weighted by Gasteiger charge is -2.31. The van der Waals surface area contributed by atoms with Crippen LogP contribution < -0.4 is 9.91 Å². The zero-order valence-electron chi connectivity index (χ0n) is 20.4. The molecule has 0 saturated carbocycles. The number of benzene rings is 4. The number of nitrogens with zero attached hydrogens (tertiary/aromatic N) is 3. The number of aliphatic carboxylic acids is 1. The predicted octanol–water partition coefficient (Wildman–Crippen LogP) is 6.10. The first-order chi connectivity index (χ1) is 18.0. The van der Waals surface area contributed by atoms with E-state index in [0.717, 1.165) is 47.1 Å². The second-order valence-corrected chi connectivity index (χ2v) is 9.41. The first kappa shape index (κ1) is 22.7. The summed E-state index contributed by atoms with van der Waals surface area (Å²) >= 11 is 0. The molecule has 4 aromatic rings. The molecule has 0 radical (unpaired) electrons. The maximum atomic E-state index is 13.5. The molecule has 0 aromatic heterocycles. The third-order valence-corrected chi connectivity index (χ3v) is 6.95. The number of carboxylic acids is 1. The maximum absolute atomic E-state index is 13.5. The standard InChI is InChI=1S/C31H25N3O3/c1-20-11-14-24(15-12-20)33-17-5-8-23-18-21(13-16-27(23)33)19-26-29(31(36)37)32-34(30(26)35)28-10-4-7-22-6-2-3-9-25(22)28/h2-4,6-7,9-16,18-19H,5,8,17H2,1H3,(H,36,37)/b26-19-. The Kier molecular flexibility index (Phi) is 5.57. The molecule has 1 amide bonds. The van der Waals surface area contributed by atoms with Gasteiger partial charge in [-0.15, -0.1) is 0 Å². The Hall–Kier alpha value is -4.71. The first-order valence-electron chi connectivity index (χ1n) is 12.3. The van der Waals surface area contributed by atoms with Gasteiger partial charge in [-0.1, -0.05) is 60.2 Å². The summed E-state index contributed by atoms with van der Waals surface area (Å²) in [7, 11) is 0. The molecule has 182 valence electrons. The van der Waals surface area contributed by atoms with Crippen LogP contribution in [0.15, 0.2) is 95.6 Å². The Labute approximate surface area is 214 Å². The summed E-state index contributed by atoms with van der Waals surface area (Å²) in [6, 6.07) is 27.8. The largest absolute Gasteiger partial charge is 0.476 e. The molecule has 0 atom stereocenters. The van der Waals surface area contributed by atoms with E-state index in [1.165, 1.54) is 16.1 Å². The van der Waals surface area contributed by atoms with Gasteiger partial charge in [0.15, 0.2) is 5.71 Å². The molecule has 4 aromatic carbocycles. The summed E-state index contributed by atoms with van der Waals surface area (Å²) in [6.45, 7) is 3.01. The molecule has 0 unspecified atom stereocenters. The molecule has 6 heteroatoms. The van der Waals surface area contributed by atoms with Crippen molar-refractivity contribution in [3.05, 3.63) is 107 Å². The number of carbonyl (C=O) groups is 2. The molecule has 37 heavy (non-hydrogen) atoms. The van der Waals surface area contributed by atoms with E-state index in [1.54, 1.807) is 12.1 Å². The van der Waals surface area contributed by atoms with E-state index in [1.807, 2.05) is 42.5 Å². The summed E-state index contributed by atoms with van der Waals surface area (Å²) in [4.78, 5) is 27.9. The Balaban J connectivity index is 1.37. The Bertz CT molecular complexity index is 1610. The van der Waals surface area contributed by atoms with Crippen LogP contribution >= 0.6 is 0 Å². The Morgan fingerprint density at radius 3 is 2.54 bits per heavy atom. The van der Waals surface area contributed by atoms with Crippen LogP contribution in [0.25, 0.3) is 16.8 Å². The van der Waals surface area contributed by atoms with Crippen molar-refractivity contribution in [3.8, 4) is 0 Å². The third-order valence-electron chi connectivity index (χ3n) is 6.95. The molecule has 0 spiro atoms. The van der Waals surface area contributed by atoms with E-state index in [9.17, 15) is 14.7 Å². The minimum Gasteiger partial charge on any atom is -0.476 e. The zero-order chi connectivity index (χ0) is 25.5. The molecule has 0 saturated heterocycles. The predicted molar refractivity (Wildman–Crippen MR) is 147 cm³/mol. The summed E-state index contributed by atoms with van der Waals surface area (Å²) in [6.07, 6.45) is 3.58. The van der Waals surface area contributed by atoms with Crippen LogP contribution in [0.4, 0.5) is 17.1 Å². The molecule has 0 bridgehead atoms. The number of carbonyl (C=O) groups excluding carboxylic acids is 1. The number of carboxylic acid groups (broad SMARTS) is 1. The topological polar surface area (TPSA) is 73.2 Å². The van der Waals surface area contributed by atoms with Crippen LogP contribution in [0.1, 0.15) is 23.1 Å². The second-order valence-electron chi connectivity index (χ2n) is 9.41. The number of hydrogen-bond acceptors (Lipinski definition) is 4. The van der Waals surface area contributed by atoms with E-state index in [-0.39, 0.29) is 11.3 Å². The van der Waals surface area contributed by atoms with Crippen LogP contribution in [-0.2, 0) is 16.0 Å². The lowest BCUT2D eigenvalue weighted by atomic mass is 9.97. The number of hydrazone groups is 1. The molecular formula is C31H25N3O3. The van der Waals surface area contributed by atoms with Gasteiger partial charge in [0.1, 0.15) is 0 Å². The fourth-order valence-corrected chi connectivity index (χ4v) is 5.13. The van der Waals surface area contributed by atoms with Crippen molar-refractivity contribution in [1.29, 1.82) is 0 Å². The van der Waals surface area contributed by atoms with Gasteiger partial charge in [-0.25, -0.2) is 4.79 Å². The summed E-state index contributed by atoms with van der Waals surface area (Å²) < 4.78 is 0. The van der Waals surface area contributed by atoms with Crippen molar-refractivity contribution >= 4 is 51.5 Å². The van der Waals surface area contributed by atoms with Gasteiger partial charge in [-0.3, -0.25) is 4.79 Å². The molecule has 6 rings (SSSR count). The highest BCUT2D eigenvalue weighted by Gasteiger charge is 2.35. The summed E-state index contributed by atoms with van der Waals surface area (Å²) in [5.41, 5.74) is 5.84. The molecule has 0 fully saturated rings. The van der Waals surface area contributed by atoms with E-state index in [2.05, 4.69) is 53.3 Å². The monoisotopic (exact) mass is 487 g/mol. The van der Waals surface area contributed by atoms with E-state index in [0.29, 0.717) is 5.69 Å². The number of aryl methyl sites for hydroxylation is 2. The van der Waals surface area contributed by atoms with E-state index < -0.39 is 11.9 Å². The normalized spacial score (nSPS) is 16.3. The molecule has 1 N–H and O–H groups in total. The number of rotatable bonds is 4. The minimum absolute atomic E-state index is 0.0755. The molecule has 6 nitrogen and oxygen atoms in total. The van der Waals surface area contributed by atoms with Gasteiger partial charge in [-0.2, -0.15) is 10.1 Å². The van der Waals surface area contributed by atoms with Gasteiger partial charge in [0.05, 0.1) is 11.3 Å². The highest BCUT2D eigenvalue weighted by Crippen LogP contribution is 2.36. The van der Waals surface area contributed by atoms with Gasteiger partial charge in [0, 0.05) is 23.3 Å². The number of fused-ring (bicyclic) bond motifs is 2. The van der Waals surface area contributed by atoms with Gasteiger partial charge in [-0.05, 0) is 72.7 Å². The maximum Gasteiger partial charge on any atom is 0.357 e. The minimum atomic E-state index is -1.23. The van der Waals surface area contributed by atoms with Crippen molar-refractivity contribution in [2.24, 2.45) is 5.10 Å². The molecule has 2 heterocycles. The Morgan fingerprint density at radius 2 is 1.73 bits per heavy atom. The molecule has 2 aliphatic heterocycles. The average molecular weight is 488 g/mol. The molecule has 2 aliphatic rings. The van der Waals surface area contributed by atoms with Gasteiger partial charge >= 0.3 is 5.97 Å². The van der Waals surface area contributed by atoms with Crippen molar-refractivity contribution in [1.82, 2.24) is 0 Å². The zero-order valence-corrected chi connectivity index (χ0v) is 20.4. The first-order valence-corrected chi connectivity index (χ1v) is 12.3. The number of amides is 1. The number of hydrogen-bond donors (Lipinski definition) is 1. The lowest BCUT2D eigenvalue weighted by Crippen LogP contribution is -2.24. The summed E-state index contributed by atoms with van der Waals surface area (Å²) in [5, 5.41) is 17.1. The highest BCUT2D eigenvalue weighted by molar-refractivity contribution is 6.54. The number of anilines is 3. The van der Waals surface area contributed by atoms with Crippen LogP contribution in [0, 0.1) is 6.92 Å². The Morgan fingerprint density at radius 1 is 0.946 bits per heavy atom. The van der Waals surface area contributed by atoms with Crippen molar-refractivity contribution < 1.29 is 14.7 Å². The fourth-order valence-electron chi connectivity index (χ4n) is 5.13. The van der Waals surface area contributed by atoms with Gasteiger partial charge < -0.3 is 10.0 Å². The lowest BCUT2D eigenvalue weighted by molar-refractivity contribution is -0.129. The van der Waals surface area contributed by atoms with E-state index >= 15 is 0 Å². The van der Waals surface area contributed by atoms with Gasteiger partial charge in [0.25, 0.3) is 5.91 Å². The van der Waals surface area contributed by atoms with Crippen molar-refractivity contribution in [2.45, 2.75) is 19.8 Å². The highest BCUT2D eigenvalue weighted by atomic mass is 16.4. The van der Waals surface area contributed by atoms with Crippen molar-refractivity contribution in [2.75, 3.05) is 16.5 Å². The average Bonchev–Trinajstić information content (AvgIpc) is 3.24. The second kappa shape index (κ2) is 9.06. The van der Waals surface area contributed by atoms with E-state index in [4.69, 9.17) is 0 Å². The molecular weight excluding hydrogens is 462 g/mol. The molecule has 0 aliphatic carbocycles. The fraction of sp³-hybridized carbons (Fsp3) is 0.129. The van der Waals surface area contributed by atoms with Crippen LogP contribution in [0.3, 0.4) is 0 Å². The summed E-state index contributed by atoms with van der Waals surface area (Å²) in [5.74, 6) is -1.68. The smallest absolute Gasteiger partial charge is 0.357 e. The quantitative estimate of drug-likeness (QED) is 0.353. The SMILES string of the molecule is Cc1ccc(N2CCCc3cc(/C=C4\C(=O)N(c5cccc6ccccc56)N=C4C(=O)O)ccc32)cc1. The van der Waals surface area contributed by atoms with Crippen molar-refractivity contribution in [3.63, 3.8) is 0 Å². The van der Waals surface area contributed by atoms with Gasteiger partial charge in [0.2, 0.25) is 0 Å². The van der Waals surface area contributed by atoms with Crippen LogP contribution in [0.2, 0.25) is 0 Å². The third kappa shape index (κ3) is 4.06. The van der Waals surface area contributed by atoms with Crippen LogP contribution in [-0.4, -0.2) is 29.2 Å². The van der Waals surface area contributed by atoms with Crippen LogP contribution in [0.5, 0.6) is 0 Å².